The third-order valence-electron chi connectivity index (χ3n) is 2.86. The van der Waals surface area contributed by atoms with Gasteiger partial charge in [-0.05, 0) is 38.0 Å². The number of amides is 1. The van der Waals surface area contributed by atoms with E-state index < -0.39 is 6.10 Å². The number of carbonyl (C=O) groups is 1. The van der Waals surface area contributed by atoms with Crippen molar-refractivity contribution in [3.63, 3.8) is 0 Å². The van der Waals surface area contributed by atoms with E-state index in [-0.39, 0.29) is 18.3 Å². The fourth-order valence-electron chi connectivity index (χ4n) is 1.66. The van der Waals surface area contributed by atoms with Gasteiger partial charge in [0.05, 0.1) is 13.2 Å². The average Bonchev–Trinajstić information content (AvgIpc) is 2.45. The maximum absolute atomic E-state index is 11.8. The molecule has 1 aromatic carbocycles. The highest BCUT2D eigenvalue weighted by atomic mass is 35.5. The highest BCUT2D eigenvalue weighted by molar-refractivity contribution is 5.85. The predicted octanol–water partition coefficient (Wildman–Crippen LogP) is 1.79. The number of ether oxygens (including phenoxy) is 2. The number of rotatable bonds is 9. The lowest BCUT2D eigenvalue weighted by molar-refractivity contribution is -0.132. The van der Waals surface area contributed by atoms with Gasteiger partial charge in [-0.1, -0.05) is 12.1 Å². The van der Waals surface area contributed by atoms with E-state index in [9.17, 15) is 4.79 Å². The van der Waals surface area contributed by atoms with Crippen molar-refractivity contribution < 1.29 is 14.3 Å². The molecular formula is C15H25ClN2O3. The van der Waals surface area contributed by atoms with Gasteiger partial charge in [0.15, 0.2) is 0 Å². The van der Waals surface area contributed by atoms with Crippen molar-refractivity contribution in [2.24, 2.45) is 0 Å². The summed E-state index contributed by atoms with van der Waals surface area (Å²) in [6.45, 7) is 5.85. The van der Waals surface area contributed by atoms with Crippen molar-refractivity contribution in [2.45, 2.75) is 26.4 Å². The molecule has 0 aromatic heterocycles. The SMILES string of the molecule is CCOCCOC(C)C(=O)NCCc1ccc(N)cc1.Cl. The lowest BCUT2D eigenvalue weighted by Crippen LogP contribution is -2.36. The van der Waals surface area contributed by atoms with Crippen molar-refractivity contribution in [3.8, 4) is 0 Å². The normalized spacial score (nSPS) is 11.5. The van der Waals surface area contributed by atoms with Crippen LogP contribution in [0.4, 0.5) is 5.69 Å². The second kappa shape index (κ2) is 11.4. The van der Waals surface area contributed by atoms with Crippen molar-refractivity contribution in [1.29, 1.82) is 0 Å². The van der Waals surface area contributed by atoms with Gasteiger partial charge in [-0.25, -0.2) is 0 Å². The standard InChI is InChI=1S/C15H24N2O3.ClH/c1-3-19-10-11-20-12(2)15(18)17-9-8-13-4-6-14(16)7-5-13;/h4-7,12H,3,8-11,16H2,1-2H3,(H,17,18);1H. The number of halogens is 1. The molecule has 1 rings (SSSR count). The Balaban J connectivity index is 0.00000400. The Labute approximate surface area is 132 Å². The number of benzene rings is 1. The van der Waals surface area contributed by atoms with Crippen LogP contribution in [-0.4, -0.2) is 38.4 Å². The Morgan fingerprint density at radius 2 is 1.95 bits per heavy atom. The van der Waals surface area contributed by atoms with E-state index in [4.69, 9.17) is 15.2 Å². The number of nitrogens with one attached hydrogen (secondary N) is 1. The molecule has 0 aliphatic carbocycles. The molecule has 5 nitrogen and oxygen atoms in total. The van der Waals surface area contributed by atoms with E-state index in [0.717, 1.165) is 17.7 Å². The van der Waals surface area contributed by atoms with E-state index >= 15 is 0 Å². The third-order valence-corrected chi connectivity index (χ3v) is 2.86. The smallest absolute Gasteiger partial charge is 0.248 e. The molecule has 0 aliphatic rings. The Morgan fingerprint density at radius 3 is 2.57 bits per heavy atom. The van der Waals surface area contributed by atoms with Gasteiger partial charge in [0.25, 0.3) is 0 Å². The summed E-state index contributed by atoms with van der Waals surface area (Å²) >= 11 is 0. The third kappa shape index (κ3) is 8.55. The molecule has 0 saturated carbocycles. The van der Waals surface area contributed by atoms with Gasteiger partial charge in [-0.2, -0.15) is 0 Å². The Kier molecular flexibility index (Phi) is 10.7. The zero-order valence-electron chi connectivity index (χ0n) is 12.6. The molecule has 0 bridgehead atoms. The van der Waals surface area contributed by atoms with Gasteiger partial charge in [0.2, 0.25) is 5.91 Å². The molecule has 0 spiro atoms. The van der Waals surface area contributed by atoms with Crippen LogP contribution >= 0.6 is 12.4 Å². The Morgan fingerprint density at radius 1 is 1.29 bits per heavy atom. The number of anilines is 1. The van der Waals surface area contributed by atoms with Crippen LogP contribution in [0, 0.1) is 0 Å². The zero-order chi connectivity index (χ0) is 14.8. The molecule has 1 amide bonds. The molecule has 120 valence electrons. The van der Waals surface area contributed by atoms with E-state index in [1.54, 1.807) is 6.92 Å². The summed E-state index contributed by atoms with van der Waals surface area (Å²) in [4.78, 5) is 11.8. The fraction of sp³-hybridized carbons (Fsp3) is 0.533. The van der Waals surface area contributed by atoms with E-state index in [0.29, 0.717) is 26.4 Å². The quantitative estimate of drug-likeness (QED) is 0.538. The molecule has 3 N–H and O–H groups in total. The molecule has 6 heteroatoms. The highest BCUT2D eigenvalue weighted by Gasteiger charge is 2.12. The highest BCUT2D eigenvalue weighted by Crippen LogP contribution is 2.05. The summed E-state index contributed by atoms with van der Waals surface area (Å²) < 4.78 is 10.5. The summed E-state index contributed by atoms with van der Waals surface area (Å²) in [5, 5.41) is 2.85. The van der Waals surface area contributed by atoms with Crippen LogP contribution in [0.1, 0.15) is 19.4 Å². The number of hydrogen-bond donors (Lipinski definition) is 2. The number of hydrogen-bond acceptors (Lipinski definition) is 4. The predicted molar refractivity (Wildman–Crippen MR) is 86.7 cm³/mol. The number of nitrogen functional groups attached to an aromatic ring is 1. The van der Waals surface area contributed by atoms with Gasteiger partial charge in [0.1, 0.15) is 6.10 Å². The van der Waals surface area contributed by atoms with Crippen molar-refractivity contribution >= 4 is 24.0 Å². The first-order valence-corrected chi connectivity index (χ1v) is 6.95. The molecule has 0 fully saturated rings. The van der Waals surface area contributed by atoms with E-state index in [1.807, 2.05) is 31.2 Å². The first-order valence-electron chi connectivity index (χ1n) is 6.95. The van der Waals surface area contributed by atoms with Crippen molar-refractivity contribution in [1.82, 2.24) is 5.32 Å². The lowest BCUT2D eigenvalue weighted by Gasteiger charge is -2.13. The summed E-state index contributed by atoms with van der Waals surface area (Å²) in [6, 6.07) is 7.64. The van der Waals surface area contributed by atoms with Gasteiger partial charge >= 0.3 is 0 Å². The van der Waals surface area contributed by atoms with Crippen LogP contribution < -0.4 is 11.1 Å². The molecule has 0 heterocycles. The minimum absolute atomic E-state index is 0. The molecule has 1 aromatic rings. The van der Waals surface area contributed by atoms with Crippen LogP contribution in [0.2, 0.25) is 0 Å². The van der Waals surface area contributed by atoms with Crippen molar-refractivity contribution in [2.75, 3.05) is 32.1 Å². The second-order valence-corrected chi connectivity index (χ2v) is 4.49. The molecule has 1 atom stereocenters. The second-order valence-electron chi connectivity index (χ2n) is 4.49. The van der Waals surface area contributed by atoms with Gasteiger partial charge in [-0.15, -0.1) is 12.4 Å². The average molecular weight is 317 g/mol. The minimum Gasteiger partial charge on any atom is -0.399 e. The molecule has 21 heavy (non-hydrogen) atoms. The maximum Gasteiger partial charge on any atom is 0.248 e. The Bertz CT molecular complexity index is 398. The van der Waals surface area contributed by atoms with Gasteiger partial charge < -0.3 is 20.5 Å². The molecule has 0 radical (unpaired) electrons. The van der Waals surface area contributed by atoms with Gasteiger partial charge in [-0.3, -0.25) is 4.79 Å². The van der Waals surface area contributed by atoms with Crippen LogP contribution in [0.15, 0.2) is 24.3 Å². The summed E-state index contributed by atoms with van der Waals surface area (Å²) in [5.74, 6) is -0.100. The topological polar surface area (TPSA) is 73.6 Å². The van der Waals surface area contributed by atoms with Crippen LogP contribution in [0.3, 0.4) is 0 Å². The van der Waals surface area contributed by atoms with Crippen LogP contribution in [0.5, 0.6) is 0 Å². The first-order chi connectivity index (χ1) is 9.63. The fourth-order valence-corrected chi connectivity index (χ4v) is 1.66. The van der Waals surface area contributed by atoms with Crippen LogP contribution in [0.25, 0.3) is 0 Å². The van der Waals surface area contributed by atoms with Gasteiger partial charge in [0, 0.05) is 18.8 Å². The maximum atomic E-state index is 11.8. The van der Waals surface area contributed by atoms with Crippen molar-refractivity contribution in [3.05, 3.63) is 29.8 Å². The molecular weight excluding hydrogens is 292 g/mol. The Hall–Kier alpha value is -1.30. The van der Waals surface area contributed by atoms with E-state index in [2.05, 4.69) is 5.32 Å². The molecule has 0 saturated heterocycles. The first kappa shape index (κ1) is 19.7. The summed E-state index contributed by atoms with van der Waals surface area (Å²) in [6.07, 6.45) is 0.319. The zero-order valence-corrected chi connectivity index (χ0v) is 13.4. The lowest BCUT2D eigenvalue weighted by atomic mass is 10.1. The number of carbonyl (C=O) groups excluding carboxylic acids is 1. The van der Waals surface area contributed by atoms with Crippen LogP contribution in [-0.2, 0) is 20.7 Å². The minimum atomic E-state index is -0.457. The molecule has 0 aliphatic heterocycles. The monoisotopic (exact) mass is 316 g/mol. The molecule has 1 unspecified atom stereocenters. The summed E-state index contributed by atoms with van der Waals surface area (Å²) in [7, 11) is 0. The van der Waals surface area contributed by atoms with E-state index in [1.165, 1.54) is 0 Å². The largest absolute Gasteiger partial charge is 0.399 e. The number of nitrogens with two attached hydrogens (primary N) is 1. The summed E-state index contributed by atoms with van der Waals surface area (Å²) in [5.41, 5.74) is 7.50.